The van der Waals surface area contributed by atoms with Gasteiger partial charge >= 0.3 is 0 Å². The molecule has 0 radical (unpaired) electrons. The van der Waals surface area contributed by atoms with E-state index in [1.807, 2.05) is 0 Å². The van der Waals surface area contributed by atoms with Gasteiger partial charge < -0.3 is 4.90 Å². The molecule has 0 N–H and O–H groups in total. The van der Waals surface area contributed by atoms with E-state index in [0.717, 1.165) is 23.8 Å². The van der Waals surface area contributed by atoms with Gasteiger partial charge in [-0.1, -0.05) is 47.5 Å². The first-order valence-electron chi connectivity index (χ1n) is 7.62. The summed E-state index contributed by atoms with van der Waals surface area (Å²) in [5.74, 6) is 2.60. The molecule has 0 saturated carbocycles. The molecular weight excluding hydrogens is 206 g/mol. The van der Waals surface area contributed by atoms with Crippen molar-refractivity contribution in [2.45, 2.75) is 73.3 Å². The Bertz CT molecular complexity index is 178. The van der Waals surface area contributed by atoms with Crippen LogP contribution in [0.1, 0.15) is 67.2 Å². The van der Waals surface area contributed by atoms with Gasteiger partial charge in [-0.3, -0.25) is 0 Å². The fourth-order valence-corrected chi connectivity index (χ4v) is 2.31. The predicted molar refractivity (Wildman–Crippen MR) is 79.4 cm³/mol. The van der Waals surface area contributed by atoms with Gasteiger partial charge in [0.15, 0.2) is 0 Å². The van der Waals surface area contributed by atoms with E-state index in [2.05, 4.69) is 53.5 Å². The van der Waals surface area contributed by atoms with Crippen molar-refractivity contribution >= 4 is 0 Å². The lowest BCUT2D eigenvalue weighted by Gasteiger charge is -2.27. The van der Waals surface area contributed by atoms with Crippen LogP contribution in [0.15, 0.2) is 0 Å². The molecule has 0 saturated heterocycles. The van der Waals surface area contributed by atoms with E-state index in [4.69, 9.17) is 0 Å². The highest BCUT2D eigenvalue weighted by atomic mass is 15.1. The second-order valence-electron chi connectivity index (χ2n) is 6.24. The molecule has 1 nitrogen and oxygen atoms in total. The Hall–Kier alpha value is -0.0400. The molecule has 0 aromatic carbocycles. The number of hydrogen-bond donors (Lipinski definition) is 0. The van der Waals surface area contributed by atoms with E-state index >= 15 is 0 Å². The predicted octanol–water partition coefficient (Wildman–Crippen LogP) is 4.82. The van der Waals surface area contributed by atoms with Crippen molar-refractivity contribution in [3.63, 3.8) is 0 Å². The smallest absolute Gasteiger partial charge is 0.00613 e. The van der Waals surface area contributed by atoms with Crippen LogP contribution in [0.5, 0.6) is 0 Å². The van der Waals surface area contributed by atoms with E-state index in [-0.39, 0.29) is 0 Å². The summed E-state index contributed by atoms with van der Waals surface area (Å²) in [5.41, 5.74) is 0. The first kappa shape index (κ1) is 17.0. The summed E-state index contributed by atoms with van der Waals surface area (Å²) < 4.78 is 0. The molecule has 0 aliphatic carbocycles. The lowest BCUT2D eigenvalue weighted by molar-refractivity contribution is 0.206. The zero-order chi connectivity index (χ0) is 13.4. The van der Waals surface area contributed by atoms with Crippen LogP contribution in [-0.2, 0) is 0 Å². The quantitative estimate of drug-likeness (QED) is 0.559. The van der Waals surface area contributed by atoms with Gasteiger partial charge in [-0.2, -0.15) is 0 Å². The molecule has 0 heterocycles. The summed E-state index contributed by atoms with van der Waals surface area (Å²) in [5, 5.41) is 0. The molecule has 0 aliphatic rings. The van der Waals surface area contributed by atoms with Crippen LogP contribution in [-0.4, -0.2) is 24.5 Å². The van der Waals surface area contributed by atoms with Crippen LogP contribution in [0.4, 0.5) is 0 Å². The van der Waals surface area contributed by atoms with Gasteiger partial charge in [0.25, 0.3) is 0 Å². The molecular formula is C16H35N. The maximum atomic E-state index is 2.51. The second-order valence-corrected chi connectivity index (χ2v) is 6.24. The molecule has 0 spiro atoms. The van der Waals surface area contributed by atoms with Gasteiger partial charge in [-0.25, -0.2) is 0 Å². The Labute approximate surface area is 110 Å². The Balaban J connectivity index is 3.83. The van der Waals surface area contributed by atoms with Crippen molar-refractivity contribution in [1.82, 2.24) is 4.90 Å². The molecule has 0 rings (SSSR count). The van der Waals surface area contributed by atoms with Crippen LogP contribution in [0.3, 0.4) is 0 Å². The second kappa shape index (κ2) is 8.97. The molecule has 17 heavy (non-hydrogen) atoms. The summed E-state index contributed by atoms with van der Waals surface area (Å²) in [6.07, 6.45) is 5.35. The molecule has 0 bridgehead atoms. The van der Waals surface area contributed by atoms with Crippen molar-refractivity contribution < 1.29 is 0 Å². The van der Waals surface area contributed by atoms with Gasteiger partial charge in [0.2, 0.25) is 0 Å². The summed E-state index contributed by atoms with van der Waals surface area (Å²) in [6.45, 7) is 15.4. The zero-order valence-electron chi connectivity index (χ0n) is 13.3. The highest BCUT2D eigenvalue weighted by molar-refractivity contribution is 4.67. The maximum absolute atomic E-state index is 2.51. The SMILES string of the molecule is CCC(C)C(C)CCC(C)CN(C)C(C)CC. The Morgan fingerprint density at radius 1 is 0.824 bits per heavy atom. The maximum Gasteiger partial charge on any atom is 0.00613 e. The fraction of sp³-hybridized carbons (Fsp3) is 1.00. The fourth-order valence-electron chi connectivity index (χ4n) is 2.31. The van der Waals surface area contributed by atoms with Crippen LogP contribution in [0.25, 0.3) is 0 Å². The van der Waals surface area contributed by atoms with Crippen molar-refractivity contribution in [2.75, 3.05) is 13.6 Å². The molecule has 1 heteroatoms. The van der Waals surface area contributed by atoms with E-state index < -0.39 is 0 Å². The van der Waals surface area contributed by atoms with Crippen molar-refractivity contribution in [1.29, 1.82) is 0 Å². The molecule has 0 aromatic rings. The molecule has 4 atom stereocenters. The summed E-state index contributed by atoms with van der Waals surface area (Å²) in [4.78, 5) is 2.51. The summed E-state index contributed by atoms with van der Waals surface area (Å²) >= 11 is 0. The van der Waals surface area contributed by atoms with Crippen LogP contribution in [0.2, 0.25) is 0 Å². The van der Waals surface area contributed by atoms with Gasteiger partial charge in [0, 0.05) is 12.6 Å². The monoisotopic (exact) mass is 241 g/mol. The Morgan fingerprint density at radius 3 is 1.88 bits per heavy atom. The molecule has 0 aliphatic heterocycles. The Kier molecular flexibility index (Phi) is 8.94. The number of hydrogen-bond acceptors (Lipinski definition) is 1. The van der Waals surface area contributed by atoms with Gasteiger partial charge in [-0.05, 0) is 44.6 Å². The van der Waals surface area contributed by atoms with Crippen molar-refractivity contribution in [3.8, 4) is 0 Å². The van der Waals surface area contributed by atoms with Crippen molar-refractivity contribution in [2.24, 2.45) is 17.8 Å². The molecule has 0 aromatic heterocycles. The Morgan fingerprint density at radius 2 is 1.41 bits per heavy atom. The average molecular weight is 241 g/mol. The summed E-state index contributed by atoms with van der Waals surface area (Å²) in [6, 6.07) is 0.726. The van der Waals surface area contributed by atoms with E-state index in [0.29, 0.717) is 0 Å². The van der Waals surface area contributed by atoms with Crippen LogP contribution in [0, 0.1) is 17.8 Å². The summed E-state index contributed by atoms with van der Waals surface area (Å²) in [7, 11) is 2.27. The topological polar surface area (TPSA) is 3.24 Å². The zero-order valence-corrected chi connectivity index (χ0v) is 13.3. The van der Waals surface area contributed by atoms with E-state index in [1.54, 1.807) is 0 Å². The van der Waals surface area contributed by atoms with Gasteiger partial charge in [0.1, 0.15) is 0 Å². The minimum Gasteiger partial charge on any atom is -0.303 e. The molecule has 104 valence electrons. The van der Waals surface area contributed by atoms with Gasteiger partial charge in [-0.15, -0.1) is 0 Å². The standard InChI is InChI=1S/C16H35N/c1-8-14(4)15(5)11-10-13(3)12-17(7)16(6)9-2/h13-16H,8-12H2,1-7H3. The third-order valence-corrected chi connectivity index (χ3v) is 4.67. The normalized spacial score (nSPS) is 19.1. The highest BCUT2D eigenvalue weighted by Gasteiger charge is 2.14. The largest absolute Gasteiger partial charge is 0.303 e. The van der Waals surface area contributed by atoms with Crippen LogP contribution < -0.4 is 0 Å². The third-order valence-electron chi connectivity index (χ3n) is 4.67. The average Bonchev–Trinajstić information content (AvgIpc) is 2.33. The molecule has 0 amide bonds. The van der Waals surface area contributed by atoms with E-state index in [1.165, 1.54) is 32.2 Å². The molecule has 4 unspecified atom stereocenters. The van der Waals surface area contributed by atoms with Gasteiger partial charge in [0.05, 0.1) is 0 Å². The van der Waals surface area contributed by atoms with E-state index in [9.17, 15) is 0 Å². The first-order valence-corrected chi connectivity index (χ1v) is 7.62. The molecule has 0 fully saturated rings. The number of rotatable bonds is 9. The minimum atomic E-state index is 0.726. The first-order chi connectivity index (χ1) is 7.92. The number of nitrogens with zero attached hydrogens (tertiary/aromatic N) is 1. The lowest BCUT2D eigenvalue weighted by Crippen LogP contribution is -2.32. The highest BCUT2D eigenvalue weighted by Crippen LogP contribution is 2.22. The third kappa shape index (κ3) is 7.08. The lowest BCUT2D eigenvalue weighted by atomic mass is 9.87. The van der Waals surface area contributed by atoms with Crippen LogP contribution >= 0.6 is 0 Å². The van der Waals surface area contributed by atoms with Crippen molar-refractivity contribution in [3.05, 3.63) is 0 Å². The minimum absolute atomic E-state index is 0.726.